The molecule has 0 unspecified atom stereocenters. The molecule has 0 amide bonds. The molecule has 0 spiro atoms. The summed E-state index contributed by atoms with van der Waals surface area (Å²) in [6.45, 7) is 7.68. The normalized spacial score (nSPS) is 14.4. The van der Waals surface area contributed by atoms with Gasteiger partial charge in [-0.2, -0.15) is 0 Å². The molecule has 3 rings (SSSR count). The van der Waals surface area contributed by atoms with Crippen LogP contribution in [-0.2, 0) is 13.2 Å². The first kappa shape index (κ1) is 14.2. The summed E-state index contributed by atoms with van der Waals surface area (Å²) in [6.07, 6.45) is 4.32. The first-order valence-corrected chi connectivity index (χ1v) is 7.63. The molecule has 1 N–H and O–H groups in total. The third kappa shape index (κ3) is 3.48. The zero-order chi connectivity index (χ0) is 14.8. The first-order valence-electron chi connectivity index (χ1n) is 7.63. The Labute approximate surface area is 126 Å². The third-order valence-corrected chi connectivity index (χ3v) is 4.11. The molecular weight excluding hydrogens is 262 g/mol. The van der Waals surface area contributed by atoms with Crippen molar-refractivity contribution in [3.05, 3.63) is 52.5 Å². The predicted molar refractivity (Wildman–Crippen MR) is 83.6 cm³/mol. The SMILES string of the molecule is Cc1cc(C)c(C)c(OCc2ccoc2CNC2CC2)c1. The van der Waals surface area contributed by atoms with Gasteiger partial charge in [-0.1, -0.05) is 6.07 Å². The van der Waals surface area contributed by atoms with Gasteiger partial charge in [0.25, 0.3) is 0 Å². The highest BCUT2D eigenvalue weighted by Gasteiger charge is 2.21. The van der Waals surface area contributed by atoms with Crippen molar-refractivity contribution in [2.24, 2.45) is 0 Å². The monoisotopic (exact) mass is 285 g/mol. The molecule has 1 heterocycles. The van der Waals surface area contributed by atoms with E-state index in [1.54, 1.807) is 6.26 Å². The maximum absolute atomic E-state index is 6.02. The molecule has 1 saturated carbocycles. The third-order valence-electron chi connectivity index (χ3n) is 4.11. The molecule has 0 aliphatic heterocycles. The van der Waals surface area contributed by atoms with Crippen molar-refractivity contribution >= 4 is 0 Å². The Balaban J connectivity index is 1.66. The van der Waals surface area contributed by atoms with Crippen LogP contribution in [0, 0.1) is 20.8 Å². The molecule has 1 aliphatic carbocycles. The summed E-state index contributed by atoms with van der Waals surface area (Å²) in [5.74, 6) is 1.96. The van der Waals surface area contributed by atoms with Gasteiger partial charge in [-0.25, -0.2) is 0 Å². The van der Waals surface area contributed by atoms with E-state index in [9.17, 15) is 0 Å². The van der Waals surface area contributed by atoms with Crippen LogP contribution >= 0.6 is 0 Å². The molecule has 0 bridgehead atoms. The highest BCUT2D eigenvalue weighted by molar-refractivity contribution is 5.42. The second-order valence-corrected chi connectivity index (χ2v) is 6.02. The van der Waals surface area contributed by atoms with E-state index in [4.69, 9.17) is 9.15 Å². The van der Waals surface area contributed by atoms with Gasteiger partial charge in [-0.15, -0.1) is 0 Å². The fourth-order valence-electron chi connectivity index (χ4n) is 2.48. The van der Waals surface area contributed by atoms with Crippen molar-refractivity contribution in [3.8, 4) is 5.75 Å². The van der Waals surface area contributed by atoms with Crippen LogP contribution in [0.2, 0.25) is 0 Å². The van der Waals surface area contributed by atoms with E-state index >= 15 is 0 Å². The Hall–Kier alpha value is -1.74. The highest BCUT2D eigenvalue weighted by Crippen LogP contribution is 2.25. The number of aryl methyl sites for hydroxylation is 2. The lowest BCUT2D eigenvalue weighted by atomic mass is 10.1. The summed E-state index contributed by atoms with van der Waals surface area (Å²) in [4.78, 5) is 0. The number of nitrogens with one attached hydrogen (secondary N) is 1. The Morgan fingerprint density at radius 3 is 2.81 bits per heavy atom. The topological polar surface area (TPSA) is 34.4 Å². The minimum atomic E-state index is 0.557. The van der Waals surface area contributed by atoms with Crippen molar-refractivity contribution in [2.75, 3.05) is 0 Å². The standard InChI is InChI=1S/C18H23NO2/c1-12-8-13(2)14(3)17(9-12)21-11-15-6-7-20-18(15)10-19-16-4-5-16/h6-9,16,19H,4-5,10-11H2,1-3H3. The largest absolute Gasteiger partial charge is 0.488 e. The van der Waals surface area contributed by atoms with E-state index in [0.29, 0.717) is 12.6 Å². The summed E-state index contributed by atoms with van der Waals surface area (Å²) in [5, 5.41) is 3.48. The van der Waals surface area contributed by atoms with E-state index in [-0.39, 0.29) is 0 Å². The number of rotatable bonds is 6. The van der Waals surface area contributed by atoms with E-state index in [2.05, 4.69) is 38.2 Å². The Morgan fingerprint density at radius 2 is 2.05 bits per heavy atom. The van der Waals surface area contributed by atoms with Crippen LogP contribution in [0.5, 0.6) is 5.75 Å². The van der Waals surface area contributed by atoms with E-state index in [1.807, 2.05) is 6.07 Å². The summed E-state index contributed by atoms with van der Waals surface area (Å²) in [6, 6.07) is 6.97. The maximum atomic E-state index is 6.02. The van der Waals surface area contributed by atoms with Crippen LogP contribution in [0.1, 0.15) is 40.9 Å². The number of ether oxygens (including phenoxy) is 1. The van der Waals surface area contributed by atoms with Crippen molar-refractivity contribution < 1.29 is 9.15 Å². The molecule has 1 aromatic carbocycles. The van der Waals surface area contributed by atoms with Crippen LogP contribution < -0.4 is 10.1 Å². The van der Waals surface area contributed by atoms with Crippen molar-refractivity contribution in [1.29, 1.82) is 0 Å². The second-order valence-electron chi connectivity index (χ2n) is 6.02. The molecule has 2 aromatic rings. The lowest BCUT2D eigenvalue weighted by molar-refractivity contribution is 0.299. The average Bonchev–Trinajstić information content (AvgIpc) is 3.17. The molecule has 1 fully saturated rings. The smallest absolute Gasteiger partial charge is 0.124 e. The van der Waals surface area contributed by atoms with Crippen LogP contribution in [-0.4, -0.2) is 6.04 Å². The number of furan rings is 1. The minimum Gasteiger partial charge on any atom is -0.488 e. The van der Waals surface area contributed by atoms with E-state index < -0.39 is 0 Å². The highest BCUT2D eigenvalue weighted by atomic mass is 16.5. The van der Waals surface area contributed by atoms with Gasteiger partial charge in [0.05, 0.1) is 12.8 Å². The van der Waals surface area contributed by atoms with Crippen LogP contribution in [0.15, 0.2) is 28.9 Å². The molecule has 3 heteroatoms. The van der Waals surface area contributed by atoms with Gasteiger partial charge in [-0.05, 0) is 62.4 Å². The predicted octanol–water partition coefficient (Wildman–Crippen LogP) is 4.04. The van der Waals surface area contributed by atoms with Gasteiger partial charge < -0.3 is 14.5 Å². The average molecular weight is 285 g/mol. The maximum Gasteiger partial charge on any atom is 0.124 e. The molecular formula is C18H23NO2. The van der Waals surface area contributed by atoms with E-state index in [1.165, 1.54) is 29.5 Å². The van der Waals surface area contributed by atoms with Gasteiger partial charge >= 0.3 is 0 Å². The Kier molecular flexibility index (Phi) is 4.02. The number of hydrogen-bond acceptors (Lipinski definition) is 3. The molecule has 1 aliphatic rings. The van der Waals surface area contributed by atoms with Crippen molar-refractivity contribution in [2.45, 2.75) is 52.8 Å². The van der Waals surface area contributed by atoms with Crippen molar-refractivity contribution in [1.82, 2.24) is 5.32 Å². The quantitative estimate of drug-likeness (QED) is 0.870. The van der Waals surface area contributed by atoms with Gasteiger partial charge in [0.15, 0.2) is 0 Å². The van der Waals surface area contributed by atoms with Gasteiger partial charge in [-0.3, -0.25) is 0 Å². The molecule has 0 saturated heterocycles. The molecule has 3 nitrogen and oxygen atoms in total. The van der Waals surface area contributed by atoms with Crippen LogP contribution in [0.3, 0.4) is 0 Å². The lowest BCUT2D eigenvalue weighted by Crippen LogP contribution is -2.16. The minimum absolute atomic E-state index is 0.557. The molecule has 1 aromatic heterocycles. The second kappa shape index (κ2) is 5.94. The fraction of sp³-hybridized carbons (Fsp3) is 0.444. The zero-order valence-electron chi connectivity index (χ0n) is 13.0. The van der Waals surface area contributed by atoms with Gasteiger partial charge in [0.1, 0.15) is 18.1 Å². The summed E-state index contributed by atoms with van der Waals surface area (Å²) in [7, 11) is 0. The van der Waals surface area contributed by atoms with E-state index in [0.717, 1.165) is 23.6 Å². The van der Waals surface area contributed by atoms with Crippen LogP contribution in [0.4, 0.5) is 0 Å². The first-order chi connectivity index (χ1) is 10.1. The molecule has 21 heavy (non-hydrogen) atoms. The van der Waals surface area contributed by atoms with Crippen molar-refractivity contribution in [3.63, 3.8) is 0 Å². The Morgan fingerprint density at radius 1 is 1.24 bits per heavy atom. The zero-order valence-corrected chi connectivity index (χ0v) is 13.0. The summed E-state index contributed by atoms with van der Waals surface area (Å²) >= 11 is 0. The Bertz CT molecular complexity index is 626. The van der Waals surface area contributed by atoms with Gasteiger partial charge in [0, 0.05) is 11.6 Å². The fourth-order valence-corrected chi connectivity index (χ4v) is 2.48. The lowest BCUT2D eigenvalue weighted by Gasteiger charge is -2.12. The number of hydrogen-bond donors (Lipinski definition) is 1. The molecule has 0 radical (unpaired) electrons. The van der Waals surface area contributed by atoms with Crippen LogP contribution in [0.25, 0.3) is 0 Å². The molecule has 0 atom stereocenters. The summed E-state index contributed by atoms with van der Waals surface area (Å²) < 4.78 is 11.6. The number of benzene rings is 1. The van der Waals surface area contributed by atoms with Gasteiger partial charge in [0.2, 0.25) is 0 Å². The summed E-state index contributed by atoms with van der Waals surface area (Å²) in [5.41, 5.74) is 4.84. The molecule has 112 valence electrons.